The van der Waals surface area contributed by atoms with Gasteiger partial charge >= 0.3 is 0 Å². The van der Waals surface area contributed by atoms with Gasteiger partial charge in [0.1, 0.15) is 5.75 Å². The Balaban J connectivity index is 1.51. The van der Waals surface area contributed by atoms with Crippen molar-refractivity contribution in [2.45, 2.75) is 32.6 Å². The van der Waals surface area contributed by atoms with Crippen molar-refractivity contribution in [3.8, 4) is 5.75 Å². The van der Waals surface area contributed by atoms with E-state index in [0.29, 0.717) is 13.0 Å². The van der Waals surface area contributed by atoms with Crippen LogP contribution < -0.4 is 9.64 Å². The van der Waals surface area contributed by atoms with Crippen LogP contribution in [0, 0.1) is 0 Å². The average molecular weight is 367 g/mol. The molecule has 0 radical (unpaired) electrons. The van der Waals surface area contributed by atoms with Gasteiger partial charge in [-0.2, -0.15) is 0 Å². The van der Waals surface area contributed by atoms with E-state index in [2.05, 4.69) is 49.9 Å². The molecular weight excluding hydrogens is 336 g/mol. The highest BCUT2D eigenvalue weighted by Crippen LogP contribution is 2.32. The first-order valence-electron chi connectivity index (χ1n) is 9.75. The standard InChI is InChI=1S/C23H30N2O2/c1-23(2,3)20-11-7-8-12-21(20)24-14-16-25(17-15-24)22(26)13-18-27-19-9-5-4-6-10-19/h4-12H,13-18H2,1-3H3. The van der Waals surface area contributed by atoms with Crippen LogP contribution in [0.4, 0.5) is 5.69 Å². The number of carbonyl (C=O) groups excluding carboxylic acids is 1. The number of ether oxygens (including phenoxy) is 1. The third-order valence-corrected chi connectivity index (χ3v) is 5.01. The molecule has 0 saturated carbocycles. The zero-order valence-electron chi connectivity index (χ0n) is 16.6. The number of anilines is 1. The summed E-state index contributed by atoms with van der Waals surface area (Å²) in [4.78, 5) is 16.9. The molecule has 2 aromatic rings. The molecule has 0 unspecified atom stereocenters. The third kappa shape index (κ3) is 5.03. The molecule has 0 atom stereocenters. The van der Waals surface area contributed by atoms with Crippen LogP contribution in [0.25, 0.3) is 0 Å². The molecule has 0 spiro atoms. The molecule has 2 aromatic carbocycles. The maximum absolute atomic E-state index is 12.5. The van der Waals surface area contributed by atoms with E-state index >= 15 is 0 Å². The Morgan fingerprint density at radius 1 is 0.926 bits per heavy atom. The summed E-state index contributed by atoms with van der Waals surface area (Å²) in [6, 6.07) is 18.3. The van der Waals surface area contributed by atoms with Crippen LogP contribution >= 0.6 is 0 Å². The zero-order valence-corrected chi connectivity index (χ0v) is 16.6. The molecule has 1 aliphatic heterocycles. The first-order chi connectivity index (χ1) is 12.9. The fraction of sp³-hybridized carbons (Fsp3) is 0.435. The Morgan fingerprint density at radius 3 is 2.22 bits per heavy atom. The van der Waals surface area contributed by atoms with Gasteiger partial charge in [-0.3, -0.25) is 4.79 Å². The van der Waals surface area contributed by atoms with E-state index < -0.39 is 0 Å². The minimum atomic E-state index is 0.109. The van der Waals surface area contributed by atoms with Gasteiger partial charge < -0.3 is 14.5 Å². The molecular formula is C23H30N2O2. The molecule has 1 fully saturated rings. The maximum atomic E-state index is 12.5. The van der Waals surface area contributed by atoms with Crippen LogP contribution in [0.1, 0.15) is 32.8 Å². The van der Waals surface area contributed by atoms with E-state index in [9.17, 15) is 4.79 Å². The predicted molar refractivity (Wildman–Crippen MR) is 110 cm³/mol. The topological polar surface area (TPSA) is 32.8 Å². The lowest BCUT2D eigenvalue weighted by molar-refractivity contribution is -0.132. The molecule has 0 aliphatic carbocycles. The summed E-state index contributed by atoms with van der Waals surface area (Å²) < 4.78 is 5.65. The van der Waals surface area contributed by atoms with Crippen molar-refractivity contribution in [2.75, 3.05) is 37.7 Å². The fourth-order valence-corrected chi connectivity index (χ4v) is 3.51. The van der Waals surface area contributed by atoms with E-state index in [-0.39, 0.29) is 11.3 Å². The Labute approximate surface area is 162 Å². The summed E-state index contributed by atoms with van der Waals surface area (Å²) in [6.45, 7) is 10.5. The number of nitrogens with zero attached hydrogens (tertiary/aromatic N) is 2. The summed E-state index contributed by atoms with van der Waals surface area (Å²) in [5.41, 5.74) is 2.77. The Kier molecular flexibility index (Phi) is 6.04. The fourth-order valence-electron chi connectivity index (χ4n) is 3.51. The van der Waals surface area contributed by atoms with E-state index in [0.717, 1.165) is 31.9 Å². The number of amides is 1. The van der Waals surface area contributed by atoms with Crippen LogP contribution in [0.2, 0.25) is 0 Å². The molecule has 0 N–H and O–H groups in total. The second-order valence-electron chi connectivity index (χ2n) is 8.05. The highest BCUT2D eigenvalue weighted by atomic mass is 16.5. The molecule has 1 aliphatic rings. The number of benzene rings is 2. The minimum absolute atomic E-state index is 0.109. The van der Waals surface area contributed by atoms with E-state index in [4.69, 9.17) is 4.74 Å². The number of carbonyl (C=O) groups is 1. The largest absolute Gasteiger partial charge is 0.493 e. The van der Waals surface area contributed by atoms with Gasteiger partial charge in [0.05, 0.1) is 13.0 Å². The summed E-state index contributed by atoms with van der Waals surface area (Å²) in [6.07, 6.45) is 0.424. The number of para-hydroxylation sites is 2. The molecule has 144 valence electrons. The van der Waals surface area contributed by atoms with Gasteiger partial charge in [-0.25, -0.2) is 0 Å². The SMILES string of the molecule is CC(C)(C)c1ccccc1N1CCN(C(=O)CCOc2ccccc2)CC1. The van der Waals surface area contributed by atoms with Gasteiger partial charge in [-0.15, -0.1) is 0 Å². The average Bonchev–Trinajstić information content (AvgIpc) is 2.68. The minimum Gasteiger partial charge on any atom is -0.493 e. The van der Waals surface area contributed by atoms with Crippen LogP contribution in [0.3, 0.4) is 0 Å². The lowest BCUT2D eigenvalue weighted by atomic mass is 9.85. The molecule has 4 nitrogen and oxygen atoms in total. The smallest absolute Gasteiger partial charge is 0.226 e. The molecule has 1 saturated heterocycles. The van der Waals surface area contributed by atoms with Gasteiger partial charge in [0, 0.05) is 31.9 Å². The monoisotopic (exact) mass is 366 g/mol. The Hall–Kier alpha value is -2.49. The van der Waals surface area contributed by atoms with Gasteiger partial charge in [0.2, 0.25) is 5.91 Å². The van der Waals surface area contributed by atoms with Gasteiger partial charge in [-0.1, -0.05) is 57.2 Å². The van der Waals surface area contributed by atoms with Crippen molar-refractivity contribution in [1.82, 2.24) is 4.90 Å². The number of piperazine rings is 1. The van der Waals surface area contributed by atoms with Gasteiger partial charge in [-0.05, 0) is 29.2 Å². The normalized spacial score (nSPS) is 14.9. The Bertz CT molecular complexity index is 744. The van der Waals surface area contributed by atoms with Gasteiger partial charge in [0.25, 0.3) is 0 Å². The van der Waals surface area contributed by atoms with Crippen molar-refractivity contribution in [3.05, 3.63) is 60.2 Å². The molecule has 27 heavy (non-hydrogen) atoms. The van der Waals surface area contributed by atoms with Gasteiger partial charge in [0.15, 0.2) is 0 Å². The summed E-state index contributed by atoms with van der Waals surface area (Å²) in [5.74, 6) is 0.989. The van der Waals surface area contributed by atoms with Crippen molar-refractivity contribution < 1.29 is 9.53 Å². The second kappa shape index (κ2) is 8.47. The summed E-state index contributed by atoms with van der Waals surface area (Å²) in [5, 5.41) is 0. The van der Waals surface area contributed by atoms with Crippen molar-refractivity contribution in [3.63, 3.8) is 0 Å². The Morgan fingerprint density at radius 2 is 1.56 bits per heavy atom. The zero-order chi connectivity index (χ0) is 19.3. The van der Waals surface area contributed by atoms with Crippen molar-refractivity contribution in [2.24, 2.45) is 0 Å². The molecule has 0 aromatic heterocycles. The molecule has 1 amide bonds. The first kappa shape index (κ1) is 19.3. The molecule has 1 heterocycles. The quantitative estimate of drug-likeness (QED) is 0.799. The van der Waals surface area contributed by atoms with E-state index in [1.54, 1.807) is 0 Å². The van der Waals surface area contributed by atoms with Crippen molar-refractivity contribution in [1.29, 1.82) is 0 Å². The van der Waals surface area contributed by atoms with Crippen LogP contribution in [-0.2, 0) is 10.2 Å². The number of hydrogen-bond acceptors (Lipinski definition) is 3. The second-order valence-corrected chi connectivity index (χ2v) is 8.05. The molecule has 4 heteroatoms. The summed E-state index contributed by atoms with van der Waals surface area (Å²) in [7, 11) is 0. The van der Waals surface area contributed by atoms with Crippen molar-refractivity contribution >= 4 is 11.6 Å². The van der Waals surface area contributed by atoms with Crippen LogP contribution in [0.5, 0.6) is 5.75 Å². The van der Waals surface area contributed by atoms with E-state index in [1.165, 1.54) is 11.3 Å². The highest BCUT2D eigenvalue weighted by Gasteiger charge is 2.25. The van der Waals surface area contributed by atoms with E-state index in [1.807, 2.05) is 35.2 Å². The predicted octanol–water partition coefficient (Wildman–Crippen LogP) is 4.10. The lowest BCUT2D eigenvalue weighted by Gasteiger charge is -2.38. The maximum Gasteiger partial charge on any atom is 0.226 e. The number of hydrogen-bond donors (Lipinski definition) is 0. The number of rotatable bonds is 5. The molecule has 3 rings (SSSR count). The lowest BCUT2D eigenvalue weighted by Crippen LogP contribution is -2.49. The third-order valence-electron chi connectivity index (χ3n) is 5.01. The van der Waals surface area contributed by atoms with Crippen LogP contribution in [-0.4, -0.2) is 43.6 Å². The first-order valence-corrected chi connectivity index (χ1v) is 9.75. The summed E-state index contributed by atoms with van der Waals surface area (Å²) >= 11 is 0. The molecule has 0 bridgehead atoms. The highest BCUT2D eigenvalue weighted by molar-refractivity contribution is 5.76. The van der Waals surface area contributed by atoms with Crippen LogP contribution in [0.15, 0.2) is 54.6 Å².